The maximum absolute atomic E-state index is 12.7. The van der Waals surface area contributed by atoms with Crippen molar-refractivity contribution in [1.82, 2.24) is 4.31 Å². The van der Waals surface area contributed by atoms with Gasteiger partial charge in [0.25, 0.3) is 5.69 Å². The molecule has 2 rings (SSSR count). The summed E-state index contributed by atoms with van der Waals surface area (Å²) in [5, 5.41) is 10.8. The summed E-state index contributed by atoms with van der Waals surface area (Å²) in [6.45, 7) is 2.15. The van der Waals surface area contributed by atoms with Gasteiger partial charge in [0, 0.05) is 19.2 Å². The molecule has 0 N–H and O–H groups in total. The van der Waals surface area contributed by atoms with E-state index in [2.05, 4.69) is 0 Å². The summed E-state index contributed by atoms with van der Waals surface area (Å²) < 4.78 is 26.7. The highest BCUT2D eigenvalue weighted by atomic mass is 35.5. The molecule has 23 heavy (non-hydrogen) atoms. The molecule has 0 unspecified atom stereocenters. The second-order valence-corrected chi connectivity index (χ2v) is 7.13. The van der Waals surface area contributed by atoms with Gasteiger partial charge in [-0.05, 0) is 17.7 Å². The fourth-order valence-electron chi connectivity index (χ4n) is 2.10. The van der Waals surface area contributed by atoms with Crippen LogP contribution in [-0.4, -0.2) is 24.2 Å². The molecule has 122 valence electrons. The second kappa shape index (κ2) is 7.08. The van der Waals surface area contributed by atoms with E-state index in [4.69, 9.17) is 11.6 Å². The summed E-state index contributed by atoms with van der Waals surface area (Å²) in [7, 11) is -3.85. The average Bonchev–Trinajstić information content (AvgIpc) is 2.53. The first-order chi connectivity index (χ1) is 10.9. The Kier molecular flexibility index (Phi) is 5.35. The molecule has 0 spiro atoms. The van der Waals surface area contributed by atoms with Crippen molar-refractivity contribution in [3.8, 4) is 0 Å². The minimum atomic E-state index is -3.85. The van der Waals surface area contributed by atoms with Crippen LogP contribution in [-0.2, 0) is 16.6 Å². The zero-order chi connectivity index (χ0) is 17.0. The molecular formula is C15H15ClN2O4S. The highest BCUT2D eigenvalue weighted by Crippen LogP contribution is 2.29. The van der Waals surface area contributed by atoms with Crippen molar-refractivity contribution in [2.75, 3.05) is 6.54 Å². The lowest BCUT2D eigenvalue weighted by atomic mass is 10.2. The third-order valence-corrected chi connectivity index (χ3v) is 5.54. The lowest BCUT2D eigenvalue weighted by molar-refractivity contribution is -0.384. The van der Waals surface area contributed by atoms with Crippen LogP contribution in [0.5, 0.6) is 0 Å². The predicted molar refractivity (Wildman–Crippen MR) is 87.8 cm³/mol. The van der Waals surface area contributed by atoms with Crippen LogP contribution in [0.3, 0.4) is 0 Å². The van der Waals surface area contributed by atoms with Crippen molar-refractivity contribution >= 4 is 27.3 Å². The van der Waals surface area contributed by atoms with E-state index in [0.717, 1.165) is 11.6 Å². The van der Waals surface area contributed by atoms with Gasteiger partial charge in [-0.3, -0.25) is 10.1 Å². The Labute approximate surface area is 139 Å². The number of rotatable bonds is 6. The van der Waals surface area contributed by atoms with Crippen LogP contribution in [0.1, 0.15) is 12.5 Å². The number of benzene rings is 2. The molecule has 8 heteroatoms. The number of sulfonamides is 1. The van der Waals surface area contributed by atoms with Crippen molar-refractivity contribution in [3.05, 3.63) is 69.2 Å². The molecular weight excluding hydrogens is 340 g/mol. The highest BCUT2D eigenvalue weighted by Gasteiger charge is 2.26. The Bertz CT molecular complexity index is 809. The van der Waals surface area contributed by atoms with Crippen LogP contribution in [0.2, 0.25) is 5.02 Å². The summed E-state index contributed by atoms with van der Waals surface area (Å²) in [6.07, 6.45) is 0. The van der Waals surface area contributed by atoms with E-state index < -0.39 is 20.6 Å². The standard InChI is InChI=1S/C15H15ClN2O4S/c1-2-17(11-12-6-4-3-5-7-12)23(21,22)13-8-9-14(16)15(10-13)18(19)20/h3-10H,2,11H2,1H3. The van der Waals surface area contributed by atoms with E-state index in [1.165, 1.54) is 16.4 Å². The average molecular weight is 355 g/mol. The third-order valence-electron chi connectivity index (χ3n) is 3.31. The Hall–Kier alpha value is -1.96. The SMILES string of the molecule is CCN(Cc1ccccc1)S(=O)(=O)c1ccc(Cl)c([N+](=O)[O-])c1. The molecule has 0 heterocycles. The Balaban J connectivity index is 2.39. The molecule has 0 saturated heterocycles. The quantitative estimate of drug-likeness (QED) is 0.587. The fraction of sp³-hybridized carbons (Fsp3) is 0.200. The first-order valence-corrected chi connectivity index (χ1v) is 8.66. The molecule has 0 radical (unpaired) electrons. The molecule has 0 atom stereocenters. The fourth-order valence-corrected chi connectivity index (χ4v) is 3.74. The summed E-state index contributed by atoms with van der Waals surface area (Å²) in [5.74, 6) is 0. The topological polar surface area (TPSA) is 80.5 Å². The molecule has 0 amide bonds. The molecule has 0 aromatic heterocycles. The summed E-state index contributed by atoms with van der Waals surface area (Å²) in [5.41, 5.74) is 0.407. The number of nitro groups is 1. The Morgan fingerprint density at radius 3 is 2.39 bits per heavy atom. The maximum Gasteiger partial charge on any atom is 0.289 e. The lowest BCUT2D eigenvalue weighted by Gasteiger charge is -2.20. The van der Waals surface area contributed by atoms with Gasteiger partial charge in [0.05, 0.1) is 9.82 Å². The number of hydrogen-bond donors (Lipinski definition) is 0. The van der Waals surface area contributed by atoms with Gasteiger partial charge in [0.1, 0.15) is 5.02 Å². The van der Waals surface area contributed by atoms with Gasteiger partial charge in [0.2, 0.25) is 10.0 Å². The molecule has 0 fully saturated rings. The minimum Gasteiger partial charge on any atom is -0.258 e. The van der Waals surface area contributed by atoms with Crippen molar-refractivity contribution in [3.63, 3.8) is 0 Å². The number of nitro benzene ring substituents is 1. The second-order valence-electron chi connectivity index (χ2n) is 4.79. The van der Waals surface area contributed by atoms with E-state index in [1.54, 1.807) is 6.92 Å². The van der Waals surface area contributed by atoms with E-state index in [0.29, 0.717) is 0 Å². The van der Waals surface area contributed by atoms with E-state index in [-0.39, 0.29) is 23.0 Å². The Morgan fingerprint density at radius 2 is 1.83 bits per heavy atom. The molecule has 0 aliphatic rings. The van der Waals surface area contributed by atoms with Crippen LogP contribution >= 0.6 is 11.6 Å². The van der Waals surface area contributed by atoms with Gasteiger partial charge in [-0.15, -0.1) is 0 Å². The minimum absolute atomic E-state index is 0.0972. The first-order valence-electron chi connectivity index (χ1n) is 6.84. The monoisotopic (exact) mass is 354 g/mol. The van der Waals surface area contributed by atoms with E-state index >= 15 is 0 Å². The van der Waals surface area contributed by atoms with Gasteiger partial charge in [-0.25, -0.2) is 8.42 Å². The normalized spacial score (nSPS) is 11.6. The van der Waals surface area contributed by atoms with Crippen molar-refractivity contribution in [2.24, 2.45) is 0 Å². The van der Waals surface area contributed by atoms with Gasteiger partial charge >= 0.3 is 0 Å². The third kappa shape index (κ3) is 3.87. The molecule has 0 bridgehead atoms. The number of halogens is 1. The summed E-state index contributed by atoms with van der Waals surface area (Å²) >= 11 is 5.73. The highest BCUT2D eigenvalue weighted by molar-refractivity contribution is 7.89. The zero-order valence-electron chi connectivity index (χ0n) is 12.3. The van der Waals surface area contributed by atoms with Crippen LogP contribution in [0.25, 0.3) is 0 Å². The van der Waals surface area contributed by atoms with E-state index in [1.807, 2.05) is 30.3 Å². The van der Waals surface area contributed by atoms with E-state index in [9.17, 15) is 18.5 Å². The number of nitrogens with zero attached hydrogens (tertiary/aromatic N) is 2. The molecule has 2 aromatic carbocycles. The Morgan fingerprint density at radius 1 is 1.17 bits per heavy atom. The van der Waals surface area contributed by atoms with Crippen molar-refractivity contribution < 1.29 is 13.3 Å². The zero-order valence-corrected chi connectivity index (χ0v) is 13.9. The van der Waals surface area contributed by atoms with Crippen molar-refractivity contribution in [2.45, 2.75) is 18.4 Å². The van der Waals surface area contributed by atoms with Gasteiger partial charge in [-0.1, -0.05) is 48.9 Å². The molecule has 0 saturated carbocycles. The molecule has 0 aliphatic heterocycles. The van der Waals surface area contributed by atoms with Crippen LogP contribution < -0.4 is 0 Å². The predicted octanol–water partition coefficient (Wildman–Crippen LogP) is 3.46. The molecule has 0 aliphatic carbocycles. The largest absolute Gasteiger partial charge is 0.289 e. The molecule has 2 aromatic rings. The summed E-state index contributed by atoms with van der Waals surface area (Å²) in [4.78, 5) is 10.1. The van der Waals surface area contributed by atoms with Crippen LogP contribution in [0, 0.1) is 10.1 Å². The van der Waals surface area contributed by atoms with Gasteiger partial charge < -0.3 is 0 Å². The van der Waals surface area contributed by atoms with Crippen LogP contribution in [0.15, 0.2) is 53.4 Å². The number of hydrogen-bond acceptors (Lipinski definition) is 4. The maximum atomic E-state index is 12.7. The lowest BCUT2D eigenvalue weighted by Crippen LogP contribution is -2.30. The smallest absolute Gasteiger partial charge is 0.258 e. The van der Waals surface area contributed by atoms with Crippen LogP contribution in [0.4, 0.5) is 5.69 Å². The van der Waals surface area contributed by atoms with Crippen molar-refractivity contribution in [1.29, 1.82) is 0 Å². The summed E-state index contributed by atoms with van der Waals surface area (Å²) in [6, 6.07) is 12.6. The van der Waals surface area contributed by atoms with Gasteiger partial charge in [-0.2, -0.15) is 4.31 Å². The molecule has 6 nitrogen and oxygen atoms in total. The van der Waals surface area contributed by atoms with Gasteiger partial charge in [0.15, 0.2) is 0 Å². The first kappa shape index (κ1) is 17.4.